The Morgan fingerprint density at radius 1 is 1.35 bits per heavy atom. The maximum absolute atomic E-state index is 11.7. The van der Waals surface area contributed by atoms with E-state index < -0.39 is 5.60 Å². The van der Waals surface area contributed by atoms with Gasteiger partial charge in [-0.3, -0.25) is 9.79 Å². The molecule has 0 N–H and O–H groups in total. The second kappa shape index (κ2) is 7.46. The number of rotatable bonds is 6. The molecule has 100 valence electrons. The van der Waals surface area contributed by atoms with Crippen molar-refractivity contribution in [3.63, 3.8) is 0 Å². The van der Waals surface area contributed by atoms with Crippen molar-refractivity contribution in [3.05, 3.63) is 0 Å². The van der Waals surface area contributed by atoms with Crippen molar-refractivity contribution in [1.29, 1.82) is 0 Å². The van der Waals surface area contributed by atoms with Crippen LogP contribution in [0.4, 0.5) is 0 Å². The van der Waals surface area contributed by atoms with Gasteiger partial charge in [-0.15, -0.1) is 0 Å². The van der Waals surface area contributed by atoms with Gasteiger partial charge in [0.15, 0.2) is 0 Å². The maximum atomic E-state index is 11.7. The molecule has 0 bridgehead atoms. The third kappa shape index (κ3) is 10.0. The number of hydrogen-bond acceptors (Lipinski definition) is 3. The summed E-state index contributed by atoms with van der Waals surface area (Å²) in [4.78, 5) is 16.1. The van der Waals surface area contributed by atoms with E-state index in [9.17, 15) is 4.79 Å². The van der Waals surface area contributed by atoms with Gasteiger partial charge in [0.05, 0.1) is 6.42 Å². The minimum atomic E-state index is -0.400. The van der Waals surface area contributed by atoms with Crippen LogP contribution < -0.4 is 0 Å². The van der Waals surface area contributed by atoms with Gasteiger partial charge in [-0.2, -0.15) is 0 Å². The molecule has 0 aromatic heterocycles. The molecular formula is C14H27NO2. The Bertz CT molecular complexity index is 251. The highest BCUT2D eigenvalue weighted by atomic mass is 16.6. The van der Waals surface area contributed by atoms with Crippen molar-refractivity contribution < 1.29 is 9.53 Å². The van der Waals surface area contributed by atoms with Crippen molar-refractivity contribution in [3.8, 4) is 0 Å². The monoisotopic (exact) mass is 241 g/mol. The van der Waals surface area contributed by atoms with Crippen molar-refractivity contribution in [1.82, 2.24) is 0 Å². The highest BCUT2D eigenvalue weighted by Gasteiger charge is 2.19. The molecule has 0 amide bonds. The van der Waals surface area contributed by atoms with E-state index in [-0.39, 0.29) is 17.9 Å². The van der Waals surface area contributed by atoms with E-state index in [1.54, 1.807) is 0 Å². The second-order valence-corrected chi connectivity index (χ2v) is 5.73. The topological polar surface area (TPSA) is 38.7 Å². The van der Waals surface area contributed by atoms with Crippen molar-refractivity contribution in [2.45, 2.75) is 72.4 Å². The quantitative estimate of drug-likeness (QED) is 0.526. The highest BCUT2D eigenvalue weighted by molar-refractivity contribution is 5.75. The smallest absolute Gasteiger partial charge is 0.306 e. The van der Waals surface area contributed by atoms with Crippen LogP contribution in [0.1, 0.15) is 60.8 Å². The lowest BCUT2D eigenvalue weighted by Crippen LogP contribution is -2.25. The van der Waals surface area contributed by atoms with Gasteiger partial charge in [0, 0.05) is 18.2 Å². The summed E-state index contributed by atoms with van der Waals surface area (Å²) in [5, 5.41) is 0. The number of carbonyl (C=O) groups excluding carboxylic acids is 1. The molecule has 0 radical (unpaired) electrons. The molecule has 0 rings (SSSR count). The Balaban J connectivity index is 4.29. The molecule has 0 saturated heterocycles. The molecule has 0 fully saturated rings. The van der Waals surface area contributed by atoms with Crippen LogP contribution in [0.25, 0.3) is 0 Å². The summed E-state index contributed by atoms with van der Waals surface area (Å²) in [6, 6.07) is 0.285. The molecule has 0 aliphatic rings. The molecule has 0 saturated carbocycles. The molecule has 0 spiro atoms. The molecule has 0 heterocycles. The predicted molar refractivity (Wildman–Crippen MR) is 72.5 cm³/mol. The first-order chi connectivity index (χ1) is 7.74. The normalized spacial score (nSPS) is 14.3. The second-order valence-electron chi connectivity index (χ2n) is 5.73. The van der Waals surface area contributed by atoms with Gasteiger partial charge in [-0.1, -0.05) is 13.3 Å². The summed E-state index contributed by atoms with van der Waals surface area (Å²) < 4.78 is 5.32. The lowest BCUT2D eigenvalue weighted by atomic mass is 10.0. The summed E-state index contributed by atoms with van der Waals surface area (Å²) in [6.45, 7) is 11.9. The fraction of sp³-hybridized carbons (Fsp3) is 0.857. The first-order valence-corrected chi connectivity index (χ1v) is 6.49. The maximum Gasteiger partial charge on any atom is 0.306 e. The number of aliphatic imine (C=N–C) groups is 1. The van der Waals surface area contributed by atoms with Crippen molar-refractivity contribution in [2.24, 2.45) is 10.9 Å². The summed E-state index contributed by atoms with van der Waals surface area (Å²) in [5.41, 5.74) is -0.400. The number of esters is 1. The third-order valence-corrected chi connectivity index (χ3v) is 2.10. The highest BCUT2D eigenvalue weighted by Crippen LogP contribution is 2.14. The molecular weight excluding hydrogens is 214 g/mol. The number of nitrogens with zero attached hydrogens (tertiary/aromatic N) is 1. The lowest BCUT2D eigenvalue weighted by molar-refractivity contribution is -0.155. The van der Waals surface area contributed by atoms with Gasteiger partial charge >= 0.3 is 5.97 Å². The molecule has 1 unspecified atom stereocenters. The van der Waals surface area contributed by atoms with Gasteiger partial charge in [0.25, 0.3) is 0 Å². The minimum absolute atomic E-state index is 0.133. The van der Waals surface area contributed by atoms with Crippen LogP contribution in [-0.4, -0.2) is 23.8 Å². The summed E-state index contributed by atoms with van der Waals surface area (Å²) in [7, 11) is 0. The summed E-state index contributed by atoms with van der Waals surface area (Å²) in [5.74, 6) is 0.0726. The molecule has 0 aromatic carbocycles. The largest absolute Gasteiger partial charge is 0.460 e. The minimum Gasteiger partial charge on any atom is -0.460 e. The van der Waals surface area contributed by atoms with Crippen LogP contribution in [-0.2, 0) is 9.53 Å². The summed E-state index contributed by atoms with van der Waals surface area (Å²) in [6.07, 6.45) is 4.38. The first kappa shape index (κ1) is 16.1. The lowest BCUT2D eigenvalue weighted by Gasteiger charge is -2.21. The fourth-order valence-electron chi connectivity index (χ4n) is 1.49. The van der Waals surface area contributed by atoms with Gasteiger partial charge < -0.3 is 4.74 Å². The molecule has 3 heteroatoms. The molecule has 0 aromatic rings. The molecule has 1 atom stereocenters. The zero-order valence-electron chi connectivity index (χ0n) is 12.1. The van der Waals surface area contributed by atoms with Crippen LogP contribution >= 0.6 is 0 Å². The van der Waals surface area contributed by atoms with Gasteiger partial charge in [0.1, 0.15) is 5.60 Å². The van der Waals surface area contributed by atoms with E-state index in [1.165, 1.54) is 0 Å². The predicted octanol–water partition coefficient (Wildman–Crippen LogP) is 3.61. The van der Waals surface area contributed by atoms with Gasteiger partial charge in [-0.25, -0.2) is 0 Å². The van der Waals surface area contributed by atoms with E-state index >= 15 is 0 Å². The Morgan fingerprint density at radius 2 is 1.94 bits per heavy atom. The zero-order chi connectivity index (χ0) is 13.5. The van der Waals surface area contributed by atoms with Crippen LogP contribution in [0.3, 0.4) is 0 Å². The van der Waals surface area contributed by atoms with Gasteiger partial charge in [0.2, 0.25) is 0 Å². The van der Waals surface area contributed by atoms with Crippen molar-refractivity contribution >= 4 is 12.2 Å². The molecule has 17 heavy (non-hydrogen) atoms. The average molecular weight is 241 g/mol. The molecule has 0 aliphatic carbocycles. The standard InChI is InChI=1S/C14H27NO2/c1-7-8-12(10-15-11(2)3)9-13(16)17-14(4,5)6/h10-12H,7-9H2,1-6H3/b15-10+. The van der Waals surface area contributed by atoms with E-state index in [2.05, 4.69) is 11.9 Å². The third-order valence-electron chi connectivity index (χ3n) is 2.10. The zero-order valence-corrected chi connectivity index (χ0v) is 12.1. The first-order valence-electron chi connectivity index (χ1n) is 6.49. The number of carbonyl (C=O) groups is 1. The van der Waals surface area contributed by atoms with E-state index in [1.807, 2.05) is 40.8 Å². The molecule has 3 nitrogen and oxygen atoms in total. The fourth-order valence-corrected chi connectivity index (χ4v) is 1.49. The van der Waals surface area contributed by atoms with E-state index in [0.29, 0.717) is 6.42 Å². The Hall–Kier alpha value is -0.860. The van der Waals surface area contributed by atoms with E-state index in [0.717, 1.165) is 12.8 Å². The average Bonchev–Trinajstić information content (AvgIpc) is 2.11. The SMILES string of the molecule is CCCC(/C=N/C(C)C)CC(=O)OC(C)(C)C. The number of hydrogen-bond donors (Lipinski definition) is 0. The molecule has 0 aliphatic heterocycles. The van der Waals surface area contributed by atoms with E-state index in [4.69, 9.17) is 4.74 Å². The van der Waals surface area contributed by atoms with Crippen molar-refractivity contribution in [2.75, 3.05) is 0 Å². The Kier molecular flexibility index (Phi) is 7.09. The summed E-state index contributed by atoms with van der Waals surface area (Å²) >= 11 is 0. The van der Waals surface area contributed by atoms with Crippen LogP contribution in [0.2, 0.25) is 0 Å². The number of ether oxygens (including phenoxy) is 1. The Labute approximate surface area is 106 Å². The van der Waals surface area contributed by atoms with Gasteiger partial charge in [-0.05, 0) is 41.0 Å². The van der Waals surface area contributed by atoms with Crippen LogP contribution in [0.5, 0.6) is 0 Å². The van der Waals surface area contributed by atoms with Crippen LogP contribution in [0, 0.1) is 5.92 Å². The van der Waals surface area contributed by atoms with Crippen LogP contribution in [0.15, 0.2) is 4.99 Å². The Morgan fingerprint density at radius 3 is 2.35 bits per heavy atom.